The van der Waals surface area contributed by atoms with E-state index in [-0.39, 0.29) is 12.2 Å². The minimum atomic E-state index is -0.453. The molecule has 0 unspecified atom stereocenters. The fourth-order valence-corrected chi connectivity index (χ4v) is 5.48. The number of benzene rings is 1. The Morgan fingerprint density at radius 2 is 2.00 bits per heavy atom. The van der Waals surface area contributed by atoms with E-state index in [1.165, 1.54) is 44.5 Å². The number of nitrogens with zero attached hydrogens (tertiary/aromatic N) is 3. The number of thiazole rings is 2. The van der Waals surface area contributed by atoms with E-state index in [4.69, 9.17) is 4.74 Å². The van der Waals surface area contributed by atoms with E-state index in [1.54, 1.807) is 17.6 Å². The maximum absolute atomic E-state index is 12.4. The van der Waals surface area contributed by atoms with Gasteiger partial charge in [0.15, 0.2) is 10.1 Å². The molecular formula is C19H12N4O3S3. The molecule has 0 aliphatic heterocycles. The topological polar surface area (TPSA) is 85.6 Å². The monoisotopic (exact) mass is 440 g/mol. The summed E-state index contributed by atoms with van der Waals surface area (Å²) in [4.78, 5) is 35.1. The minimum Gasteiger partial charge on any atom is -0.455 e. The van der Waals surface area contributed by atoms with Crippen LogP contribution in [0.15, 0.2) is 58.8 Å². The van der Waals surface area contributed by atoms with Gasteiger partial charge < -0.3 is 10.1 Å². The molecule has 4 aromatic heterocycles. The van der Waals surface area contributed by atoms with Gasteiger partial charge in [-0.3, -0.25) is 9.20 Å². The summed E-state index contributed by atoms with van der Waals surface area (Å²) in [6.07, 6.45) is 1.66. The first kappa shape index (κ1) is 18.0. The van der Waals surface area contributed by atoms with Crippen LogP contribution in [0.3, 0.4) is 0 Å². The molecule has 0 spiro atoms. The first-order valence-corrected chi connectivity index (χ1v) is 11.0. The highest BCUT2D eigenvalue weighted by Crippen LogP contribution is 2.34. The van der Waals surface area contributed by atoms with E-state index in [0.29, 0.717) is 15.5 Å². The first-order chi connectivity index (χ1) is 14.2. The highest BCUT2D eigenvalue weighted by molar-refractivity contribution is 7.29. The zero-order valence-electron chi connectivity index (χ0n) is 14.7. The van der Waals surface area contributed by atoms with Crippen LogP contribution in [0, 0.1) is 0 Å². The van der Waals surface area contributed by atoms with Crippen LogP contribution in [0.25, 0.3) is 14.5 Å². The zero-order chi connectivity index (χ0) is 19.8. The molecule has 4 heterocycles. The molecule has 5 rings (SSSR count). The Morgan fingerprint density at radius 1 is 1.14 bits per heavy atom. The summed E-state index contributed by atoms with van der Waals surface area (Å²) in [6.45, 7) is -0.0533. The Hall–Kier alpha value is -3.08. The number of hydrogen-bond donors (Lipinski definition) is 1. The van der Waals surface area contributed by atoms with E-state index in [2.05, 4.69) is 15.3 Å². The Kier molecular flexibility index (Phi) is 4.58. The average molecular weight is 441 g/mol. The van der Waals surface area contributed by atoms with Crippen molar-refractivity contribution in [2.75, 3.05) is 5.32 Å². The van der Waals surface area contributed by atoms with Crippen LogP contribution in [0.1, 0.15) is 15.4 Å². The third-order valence-corrected chi connectivity index (χ3v) is 6.84. The molecule has 0 saturated heterocycles. The van der Waals surface area contributed by atoms with Gasteiger partial charge in [-0.05, 0) is 18.2 Å². The lowest BCUT2D eigenvalue weighted by molar-refractivity contribution is 0.0473. The Morgan fingerprint density at radius 3 is 2.83 bits per heavy atom. The zero-order valence-corrected chi connectivity index (χ0v) is 17.1. The lowest BCUT2D eigenvalue weighted by Gasteiger charge is -2.03. The molecule has 0 fully saturated rings. The molecule has 1 N–H and O–H groups in total. The van der Waals surface area contributed by atoms with Crippen molar-refractivity contribution in [2.45, 2.75) is 6.61 Å². The van der Waals surface area contributed by atoms with E-state index in [0.717, 1.165) is 20.3 Å². The van der Waals surface area contributed by atoms with Crippen molar-refractivity contribution >= 4 is 65.3 Å². The number of hydrogen-bond acceptors (Lipinski definition) is 9. The summed E-state index contributed by atoms with van der Waals surface area (Å²) >= 11 is 4.11. The van der Waals surface area contributed by atoms with Gasteiger partial charge in [-0.1, -0.05) is 29.5 Å². The third kappa shape index (κ3) is 3.65. The van der Waals surface area contributed by atoms with E-state index in [9.17, 15) is 9.59 Å². The fourth-order valence-electron chi connectivity index (χ4n) is 2.71. The van der Waals surface area contributed by atoms with Gasteiger partial charge in [-0.15, -0.1) is 22.7 Å². The Labute approximate surface area is 175 Å². The fraction of sp³-hybridized carbons (Fsp3) is 0.0526. The quantitative estimate of drug-likeness (QED) is 0.404. The number of anilines is 2. The maximum Gasteiger partial charge on any atom is 0.348 e. The molecule has 0 saturated carbocycles. The summed E-state index contributed by atoms with van der Waals surface area (Å²) in [5.41, 5.74) is 1.19. The highest BCUT2D eigenvalue weighted by Gasteiger charge is 2.16. The number of carbonyl (C=O) groups is 1. The third-order valence-electron chi connectivity index (χ3n) is 4.02. The van der Waals surface area contributed by atoms with Gasteiger partial charge in [-0.2, -0.15) is 0 Å². The second-order valence-corrected chi connectivity index (χ2v) is 8.94. The Bertz CT molecular complexity index is 1350. The highest BCUT2D eigenvalue weighted by atomic mass is 32.1. The molecule has 1 aromatic carbocycles. The van der Waals surface area contributed by atoms with Gasteiger partial charge in [0.2, 0.25) is 0 Å². The second kappa shape index (κ2) is 7.39. The maximum atomic E-state index is 12.4. The molecule has 144 valence electrons. The van der Waals surface area contributed by atoms with Crippen LogP contribution in [-0.4, -0.2) is 20.3 Å². The van der Waals surface area contributed by atoms with Gasteiger partial charge >= 0.3 is 5.97 Å². The van der Waals surface area contributed by atoms with Gasteiger partial charge in [0.25, 0.3) is 5.56 Å². The lowest BCUT2D eigenvalue weighted by atomic mass is 10.3. The minimum absolute atomic E-state index is 0.0533. The van der Waals surface area contributed by atoms with Gasteiger partial charge in [0.1, 0.15) is 16.3 Å². The van der Waals surface area contributed by atoms with Gasteiger partial charge in [0, 0.05) is 23.3 Å². The van der Waals surface area contributed by atoms with Crippen LogP contribution in [0.2, 0.25) is 0 Å². The first-order valence-electron chi connectivity index (χ1n) is 8.51. The molecule has 0 amide bonds. The normalized spacial score (nSPS) is 11.2. The van der Waals surface area contributed by atoms with E-state index < -0.39 is 5.97 Å². The smallest absolute Gasteiger partial charge is 0.348 e. The lowest BCUT2D eigenvalue weighted by Crippen LogP contribution is -2.14. The second-order valence-electron chi connectivity index (χ2n) is 6.01. The molecule has 0 atom stereocenters. The number of fused-ring (bicyclic) bond motifs is 2. The number of nitrogens with one attached hydrogen (secondary N) is 1. The van der Waals surface area contributed by atoms with Gasteiger partial charge in [0.05, 0.1) is 10.4 Å². The number of esters is 1. The van der Waals surface area contributed by atoms with Crippen LogP contribution in [0.5, 0.6) is 0 Å². The molecule has 0 radical (unpaired) electrons. The van der Waals surface area contributed by atoms with Crippen LogP contribution >= 0.6 is 34.0 Å². The predicted molar refractivity (Wildman–Crippen MR) is 116 cm³/mol. The largest absolute Gasteiger partial charge is 0.455 e. The van der Waals surface area contributed by atoms with Crippen molar-refractivity contribution in [3.05, 3.63) is 75.0 Å². The summed E-state index contributed by atoms with van der Waals surface area (Å²) in [6, 6.07) is 12.9. The van der Waals surface area contributed by atoms with E-state index >= 15 is 0 Å². The van der Waals surface area contributed by atoms with Crippen LogP contribution < -0.4 is 10.9 Å². The van der Waals surface area contributed by atoms with Crippen molar-refractivity contribution in [1.82, 2.24) is 14.4 Å². The van der Waals surface area contributed by atoms with E-state index in [1.807, 2.05) is 30.3 Å². The molecule has 10 heteroatoms. The van der Waals surface area contributed by atoms with Crippen LogP contribution in [-0.2, 0) is 11.3 Å². The summed E-state index contributed by atoms with van der Waals surface area (Å²) in [5.74, 6) is -0.453. The molecule has 5 aromatic rings. The molecule has 7 nitrogen and oxygen atoms in total. The van der Waals surface area contributed by atoms with Crippen molar-refractivity contribution in [3.63, 3.8) is 0 Å². The number of para-hydroxylation sites is 1. The number of ether oxygens (including phenoxy) is 1. The summed E-state index contributed by atoms with van der Waals surface area (Å²) in [5, 5.41) is 5.80. The van der Waals surface area contributed by atoms with Crippen LogP contribution in [0.4, 0.5) is 10.8 Å². The number of aromatic nitrogens is 3. The number of rotatable bonds is 5. The van der Waals surface area contributed by atoms with Crippen molar-refractivity contribution in [2.24, 2.45) is 0 Å². The molecule has 0 aliphatic rings. The Balaban J connectivity index is 1.29. The van der Waals surface area contributed by atoms with Crippen molar-refractivity contribution in [1.29, 1.82) is 0 Å². The van der Waals surface area contributed by atoms with Gasteiger partial charge in [-0.25, -0.2) is 14.8 Å². The van der Waals surface area contributed by atoms with Crippen molar-refractivity contribution in [3.8, 4) is 0 Å². The molecule has 0 bridgehead atoms. The summed E-state index contributed by atoms with van der Waals surface area (Å²) in [7, 11) is 0. The molecule has 29 heavy (non-hydrogen) atoms. The number of carbonyl (C=O) groups excluding carboxylic acids is 1. The standard InChI is InChI=1S/C19H12N4O3S3/c24-15-8-12(21-19-23(15)6-7-27-19)10-26-17(25)14-9-13-16(28-14)22-18(29-13)20-11-4-2-1-3-5-11/h1-9H,10H2,(H,20,22). The van der Waals surface area contributed by atoms with Crippen molar-refractivity contribution < 1.29 is 9.53 Å². The number of thiophene rings is 1. The SMILES string of the molecule is O=C(OCc1cc(=O)n2ccsc2n1)c1cc2sc(Nc3ccccc3)nc2s1. The molecular weight excluding hydrogens is 428 g/mol. The summed E-state index contributed by atoms with van der Waals surface area (Å²) < 4.78 is 7.71. The average Bonchev–Trinajstić information content (AvgIpc) is 3.42. The predicted octanol–water partition coefficient (Wildman–Crippen LogP) is 4.53. The molecule has 0 aliphatic carbocycles.